The van der Waals surface area contributed by atoms with Gasteiger partial charge in [0.15, 0.2) is 11.8 Å². The first-order chi connectivity index (χ1) is 14.1. The highest BCUT2D eigenvalue weighted by molar-refractivity contribution is 6.33. The van der Waals surface area contributed by atoms with Crippen LogP contribution in [0.5, 0.6) is 0 Å². The van der Waals surface area contributed by atoms with Gasteiger partial charge >= 0.3 is 0 Å². The first-order valence-corrected chi connectivity index (χ1v) is 10.8. The van der Waals surface area contributed by atoms with Crippen LogP contribution in [-0.4, -0.2) is 60.3 Å². The summed E-state index contributed by atoms with van der Waals surface area (Å²) in [6, 6.07) is 8.03. The maximum absolute atomic E-state index is 6.35. The van der Waals surface area contributed by atoms with Crippen LogP contribution < -0.4 is 10.2 Å². The Balaban J connectivity index is 1.50. The molecular weight excluding hydrogens is 388 g/mol. The van der Waals surface area contributed by atoms with E-state index in [9.17, 15) is 0 Å². The fourth-order valence-corrected chi connectivity index (χ4v) is 3.57. The highest BCUT2D eigenvalue weighted by Crippen LogP contribution is 2.26. The van der Waals surface area contributed by atoms with E-state index in [4.69, 9.17) is 21.1 Å². The maximum atomic E-state index is 6.35. The summed E-state index contributed by atoms with van der Waals surface area (Å²) in [5.41, 5.74) is 1.11. The average molecular weight is 419 g/mol. The Morgan fingerprint density at radius 2 is 2.00 bits per heavy atom. The summed E-state index contributed by atoms with van der Waals surface area (Å²) < 4.78 is 5.31. The number of nitrogens with zero attached hydrogens (tertiary/aromatic N) is 5. The van der Waals surface area contributed by atoms with Crippen molar-refractivity contribution in [3.63, 3.8) is 0 Å². The molecule has 1 saturated heterocycles. The van der Waals surface area contributed by atoms with Gasteiger partial charge in [0.1, 0.15) is 0 Å². The van der Waals surface area contributed by atoms with E-state index in [0.717, 1.165) is 74.6 Å². The molecule has 2 aromatic rings. The Morgan fingerprint density at radius 1 is 1.24 bits per heavy atom. The molecule has 1 aliphatic heterocycles. The van der Waals surface area contributed by atoms with Crippen molar-refractivity contribution in [2.45, 2.75) is 39.5 Å². The third-order valence-electron chi connectivity index (χ3n) is 4.92. The van der Waals surface area contributed by atoms with Crippen LogP contribution in [0.15, 0.2) is 33.8 Å². The van der Waals surface area contributed by atoms with Gasteiger partial charge in [-0.3, -0.25) is 4.99 Å². The lowest BCUT2D eigenvalue weighted by molar-refractivity contribution is 0.366. The smallest absolute Gasteiger partial charge is 0.226 e. The number of aromatic nitrogens is 2. The largest absolute Gasteiger partial charge is 0.367 e. The number of para-hydroxylation sites is 1. The number of aryl methyl sites for hydroxylation is 1. The summed E-state index contributed by atoms with van der Waals surface area (Å²) >= 11 is 6.35. The molecule has 0 radical (unpaired) electrons. The molecule has 0 amide bonds. The van der Waals surface area contributed by atoms with Crippen molar-refractivity contribution >= 4 is 23.2 Å². The quantitative estimate of drug-likeness (QED) is 0.421. The fraction of sp³-hybridized carbons (Fsp3) is 0.571. The SMILES string of the molecule is CCNC(=NCCCc1nc(C(C)C)no1)N1CCN(c2ccccc2Cl)CC1. The molecule has 1 fully saturated rings. The van der Waals surface area contributed by atoms with Crippen LogP contribution in [0.25, 0.3) is 0 Å². The van der Waals surface area contributed by atoms with Crippen LogP contribution in [0.3, 0.4) is 0 Å². The number of guanidine groups is 1. The van der Waals surface area contributed by atoms with Gasteiger partial charge in [-0.15, -0.1) is 0 Å². The Kier molecular flexibility index (Phi) is 7.75. The Hall–Kier alpha value is -2.28. The molecule has 8 heteroatoms. The molecule has 0 atom stereocenters. The van der Waals surface area contributed by atoms with E-state index < -0.39 is 0 Å². The van der Waals surface area contributed by atoms with Crippen LogP contribution in [0.1, 0.15) is 44.8 Å². The predicted molar refractivity (Wildman–Crippen MR) is 118 cm³/mol. The second-order valence-corrected chi connectivity index (χ2v) is 7.87. The lowest BCUT2D eigenvalue weighted by Gasteiger charge is -2.38. The average Bonchev–Trinajstić information content (AvgIpc) is 3.20. The van der Waals surface area contributed by atoms with Gasteiger partial charge < -0.3 is 19.6 Å². The number of piperazine rings is 1. The third-order valence-corrected chi connectivity index (χ3v) is 5.24. The topological polar surface area (TPSA) is 69.8 Å². The molecule has 3 rings (SSSR count). The molecule has 1 aromatic carbocycles. The van der Waals surface area contributed by atoms with E-state index >= 15 is 0 Å². The van der Waals surface area contributed by atoms with Crippen molar-refractivity contribution in [3.05, 3.63) is 41.0 Å². The molecule has 1 aliphatic rings. The van der Waals surface area contributed by atoms with Crippen LogP contribution in [0.4, 0.5) is 5.69 Å². The zero-order valence-corrected chi connectivity index (χ0v) is 18.3. The molecule has 0 aliphatic carbocycles. The molecule has 0 unspecified atom stereocenters. The van der Waals surface area contributed by atoms with Gasteiger partial charge in [-0.05, 0) is 25.5 Å². The molecule has 0 bridgehead atoms. The molecule has 1 aromatic heterocycles. The number of halogens is 1. The lowest BCUT2D eigenvalue weighted by Crippen LogP contribution is -2.52. The zero-order chi connectivity index (χ0) is 20.6. The molecule has 1 N–H and O–H groups in total. The first kappa shape index (κ1) is 21.4. The fourth-order valence-electron chi connectivity index (χ4n) is 3.31. The van der Waals surface area contributed by atoms with E-state index in [1.54, 1.807) is 0 Å². The standard InChI is InChI=1S/C21H31ClN6O/c1-4-23-21(24-11-7-10-19-25-20(16(2)3)26-29-19)28-14-12-27(13-15-28)18-9-6-5-8-17(18)22/h5-6,8-9,16H,4,7,10-15H2,1-3H3,(H,23,24). The minimum atomic E-state index is 0.287. The Labute approximate surface area is 178 Å². The summed E-state index contributed by atoms with van der Waals surface area (Å²) in [4.78, 5) is 13.9. The minimum absolute atomic E-state index is 0.287. The Bertz CT molecular complexity index is 798. The number of hydrogen-bond donors (Lipinski definition) is 1. The van der Waals surface area contributed by atoms with E-state index in [2.05, 4.69) is 52.1 Å². The second kappa shape index (κ2) is 10.5. The van der Waals surface area contributed by atoms with Gasteiger partial charge in [0, 0.05) is 51.6 Å². The van der Waals surface area contributed by atoms with E-state index in [0.29, 0.717) is 5.89 Å². The van der Waals surface area contributed by atoms with Crippen molar-refractivity contribution in [1.82, 2.24) is 20.4 Å². The van der Waals surface area contributed by atoms with Crippen molar-refractivity contribution in [2.75, 3.05) is 44.2 Å². The number of benzene rings is 1. The van der Waals surface area contributed by atoms with Crippen LogP contribution in [-0.2, 0) is 6.42 Å². The van der Waals surface area contributed by atoms with Crippen LogP contribution >= 0.6 is 11.6 Å². The van der Waals surface area contributed by atoms with E-state index in [1.807, 2.05) is 18.2 Å². The number of aliphatic imine (C=N–C) groups is 1. The molecule has 7 nitrogen and oxygen atoms in total. The van der Waals surface area contributed by atoms with Crippen LogP contribution in [0.2, 0.25) is 5.02 Å². The van der Waals surface area contributed by atoms with Gasteiger partial charge in [-0.25, -0.2) is 0 Å². The highest BCUT2D eigenvalue weighted by atomic mass is 35.5. The third kappa shape index (κ3) is 5.85. The van der Waals surface area contributed by atoms with Crippen molar-refractivity contribution < 1.29 is 4.52 Å². The summed E-state index contributed by atoms with van der Waals surface area (Å²) in [6.07, 6.45) is 1.64. The predicted octanol–water partition coefficient (Wildman–Crippen LogP) is 3.57. The number of hydrogen-bond acceptors (Lipinski definition) is 5. The van der Waals surface area contributed by atoms with Gasteiger partial charge in [-0.2, -0.15) is 4.98 Å². The van der Waals surface area contributed by atoms with Gasteiger partial charge in [-0.1, -0.05) is 42.7 Å². The molecule has 158 valence electrons. The lowest BCUT2D eigenvalue weighted by atomic mass is 10.2. The molecule has 2 heterocycles. The molecule has 0 spiro atoms. The number of anilines is 1. The van der Waals surface area contributed by atoms with E-state index in [1.165, 1.54) is 0 Å². The summed E-state index contributed by atoms with van der Waals surface area (Å²) in [6.45, 7) is 11.5. The monoisotopic (exact) mass is 418 g/mol. The molecule has 29 heavy (non-hydrogen) atoms. The van der Waals surface area contributed by atoms with Crippen molar-refractivity contribution in [1.29, 1.82) is 0 Å². The van der Waals surface area contributed by atoms with Crippen LogP contribution in [0, 0.1) is 0 Å². The normalized spacial score (nSPS) is 15.3. The van der Waals surface area contributed by atoms with Gasteiger partial charge in [0.25, 0.3) is 0 Å². The van der Waals surface area contributed by atoms with Crippen molar-refractivity contribution in [3.8, 4) is 0 Å². The van der Waals surface area contributed by atoms with Gasteiger partial charge in [0.05, 0.1) is 10.7 Å². The zero-order valence-electron chi connectivity index (χ0n) is 17.6. The number of rotatable bonds is 7. The highest BCUT2D eigenvalue weighted by Gasteiger charge is 2.21. The van der Waals surface area contributed by atoms with E-state index in [-0.39, 0.29) is 5.92 Å². The summed E-state index contributed by atoms with van der Waals surface area (Å²) in [7, 11) is 0. The molecular formula is C21H31ClN6O. The van der Waals surface area contributed by atoms with Gasteiger partial charge in [0.2, 0.25) is 5.89 Å². The van der Waals surface area contributed by atoms with Crippen molar-refractivity contribution in [2.24, 2.45) is 4.99 Å². The number of nitrogens with one attached hydrogen (secondary N) is 1. The summed E-state index contributed by atoms with van der Waals surface area (Å²) in [5, 5.41) is 8.24. The first-order valence-electron chi connectivity index (χ1n) is 10.4. The minimum Gasteiger partial charge on any atom is -0.367 e. The molecule has 0 saturated carbocycles. The Morgan fingerprint density at radius 3 is 2.66 bits per heavy atom. The summed E-state index contributed by atoms with van der Waals surface area (Å²) in [5.74, 6) is 2.73. The second-order valence-electron chi connectivity index (χ2n) is 7.47. The maximum Gasteiger partial charge on any atom is 0.226 e.